The molecule has 0 aliphatic rings. The fourth-order valence-electron chi connectivity index (χ4n) is 1.23. The molecular formula is C9H12N4O3S2. The quantitative estimate of drug-likeness (QED) is 0.850. The summed E-state index contributed by atoms with van der Waals surface area (Å²) in [6.07, 6.45) is 0. The van der Waals surface area contributed by atoms with E-state index in [0.29, 0.717) is 17.4 Å². The predicted octanol–water partition coefficient (Wildman–Crippen LogP) is 0.960. The van der Waals surface area contributed by atoms with Gasteiger partial charge in [-0.2, -0.15) is 0 Å². The number of anilines is 1. The van der Waals surface area contributed by atoms with Crippen LogP contribution < -0.4 is 10.0 Å². The van der Waals surface area contributed by atoms with Crippen LogP contribution in [0, 0.1) is 6.92 Å². The van der Waals surface area contributed by atoms with Crippen LogP contribution >= 0.6 is 11.3 Å². The molecule has 9 heteroatoms. The Bertz CT molecular complexity index is 632. The minimum absolute atomic E-state index is 0.102. The molecule has 2 N–H and O–H groups in total. The van der Waals surface area contributed by atoms with Crippen molar-refractivity contribution >= 4 is 26.5 Å². The van der Waals surface area contributed by atoms with E-state index in [4.69, 9.17) is 4.42 Å². The van der Waals surface area contributed by atoms with E-state index in [1.165, 1.54) is 24.5 Å². The van der Waals surface area contributed by atoms with Crippen molar-refractivity contribution in [3.8, 4) is 0 Å². The number of aryl methyl sites for hydroxylation is 1. The summed E-state index contributed by atoms with van der Waals surface area (Å²) in [6.45, 7) is 2.21. The summed E-state index contributed by atoms with van der Waals surface area (Å²) in [5.74, 6) is 0.511. The maximum atomic E-state index is 11.4. The summed E-state index contributed by atoms with van der Waals surface area (Å²) in [5.41, 5.74) is 0. The fourth-order valence-corrected chi connectivity index (χ4v) is 2.48. The summed E-state index contributed by atoms with van der Waals surface area (Å²) in [6, 6.07) is 3.01. The average molecular weight is 288 g/mol. The van der Waals surface area contributed by atoms with Crippen LogP contribution in [0.5, 0.6) is 0 Å². The second-order valence-electron chi connectivity index (χ2n) is 3.41. The van der Waals surface area contributed by atoms with E-state index < -0.39 is 10.0 Å². The zero-order valence-corrected chi connectivity index (χ0v) is 11.4. The molecule has 2 aromatic heterocycles. The summed E-state index contributed by atoms with van der Waals surface area (Å²) in [5, 5.41) is 12.2. The lowest BCUT2D eigenvalue weighted by atomic mass is 10.4. The number of nitrogens with zero attached hydrogens (tertiary/aromatic N) is 2. The highest BCUT2D eigenvalue weighted by Crippen LogP contribution is 2.17. The van der Waals surface area contributed by atoms with Gasteiger partial charge in [0, 0.05) is 0 Å². The molecule has 2 aromatic rings. The summed E-state index contributed by atoms with van der Waals surface area (Å²) >= 11 is 1.42. The van der Waals surface area contributed by atoms with E-state index >= 15 is 0 Å². The minimum Gasteiger partial charge on any atom is -0.446 e. The molecule has 0 aliphatic heterocycles. The molecule has 0 radical (unpaired) electrons. The van der Waals surface area contributed by atoms with Gasteiger partial charge >= 0.3 is 0 Å². The van der Waals surface area contributed by atoms with Gasteiger partial charge < -0.3 is 9.73 Å². The maximum Gasteiger partial charge on any atom is 0.273 e. The fraction of sp³-hybridized carbons (Fsp3) is 0.333. The smallest absolute Gasteiger partial charge is 0.273 e. The topological polar surface area (TPSA) is 97.1 Å². The van der Waals surface area contributed by atoms with Crippen LogP contribution in [0.15, 0.2) is 21.6 Å². The van der Waals surface area contributed by atoms with Crippen molar-refractivity contribution in [2.24, 2.45) is 0 Å². The molecule has 7 nitrogen and oxygen atoms in total. The molecule has 0 aliphatic carbocycles. The summed E-state index contributed by atoms with van der Waals surface area (Å²) in [7, 11) is -2.19. The molecule has 0 atom stereocenters. The molecule has 0 fully saturated rings. The number of nitrogens with one attached hydrogen (secondary N) is 2. The second-order valence-corrected chi connectivity index (χ2v) is 6.41. The van der Waals surface area contributed by atoms with E-state index in [9.17, 15) is 8.42 Å². The van der Waals surface area contributed by atoms with Crippen LogP contribution in [0.1, 0.15) is 10.8 Å². The Hall–Kier alpha value is -1.45. The third-order valence-electron chi connectivity index (χ3n) is 2.11. The molecular weight excluding hydrogens is 276 g/mol. The minimum atomic E-state index is -3.53. The van der Waals surface area contributed by atoms with E-state index in [1.54, 1.807) is 6.07 Å². The van der Waals surface area contributed by atoms with Crippen LogP contribution in [0.4, 0.5) is 5.13 Å². The lowest BCUT2D eigenvalue weighted by molar-refractivity contribution is 0.417. The molecule has 18 heavy (non-hydrogen) atoms. The normalized spacial score (nSPS) is 11.7. The van der Waals surface area contributed by atoms with Crippen molar-refractivity contribution in [3.05, 3.63) is 22.9 Å². The highest BCUT2D eigenvalue weighted by Gasteiger charge is 2.16. The van der Waals surface area contributed by atoms with Gasteiger partial charge in [-0.1, -0.05) is 11.3 Å². The van der Waals surface area contributed by atoms with Crippen molar-refractivity contribution in [3.63, 3.8) is 0 Å². The van der Waals surface area contributed by atoms with Gasteiger partial charge in [-0.3, -0.25) is 0 Å². The highest BCUT2D eigenvalue weighted by atomic mass is 32.2. The first-order valence-electron chi connectivity index (χ1n) is 5.07. The standard InChI is InChI=1S/C9H12N4O3S2/c1-6-12-13-9(17-6)11-5-7-3-4-8(16-7)18(14,15)10-2/h3-4,10H,5H2,1-2H3,(H,11,13). The number of rotatable bonds is 5. The Labute approximate surface area is 108 Å². The Morgan fingerprint density at radius 2 is 2.17 bits per heavy atom. The van der Waals surface area contributed by atoms with Crippen LogP contribution in [0.2, 0.25) is 0 Å². The lowest BCUT2D eigenvalue weighted by Gasteiger charge is -1.99. The molecule has 0 unspecified atom stereocenters. The van der Waals surface area contributed by atoms with Gasteiger partial charge in [0.25, 0.3) is 10.0 Å². The maximum absolute atomic E-state index is 11.4. The van der Waals surface area contributed by atoms with Gasteiger partial charge in [-0.05, 0) is 26.1 Å². The van der Waals surface area contributed by atoms with Crippen molar-refractivity contribution in [1.29, 1.82) is 0 Å². The van der Waals surface area contributed by atoms with Crippen molar-refractivity contribution < 1.29 is 12.8 Å². The van der Waals surface area contributed by atoms with Crippen LogP contribution in [-0.4, -0.2) is 25.7 Å². The molecule has 0 spiro atoms. The predicted molar refractivity (Wildman–Crippen MR) is 66.9 cm³/mol. The van der Waals surface area contributed by atoms with Gasteiger partial charge in [0.1, 0.15) is 10.8 Å². The van der Waals surface area contributed by atoms with Crippen LogP contribution in [-0.2, 0) is 16.6 Å². The first kappa shape index (κ1) is 13.0. The Kier molecular flexibility index (Phi) is 3.64. The molecule has 98 valence electrons. The van der Waals surface area contributed by atoms with E-state index in [0.717, 1.165) is 5.01 Å². The van der Waals surface area contributed by atoms with E-state index in [2.05, 4.69) is 20.2 Å². The van der Waals surface area contributed by atoms with Gasteiger partial charge in [0.15, 0.2) is 0 Å². The Balaban J connectivity index is 2.03. The zero-order chi connectivity index (χ0) is 13.2. The van der Waals surface area contributed by atoms with Gasteiger partial charge in [-0.15, -0.1) is 10.2 Å². The third kappa shape index (κ3) is 2.86. The van der Waals surface area contributed by atoms with Crippen LogP contribution in [0.3, 0.4) is 0 Å². The van der Waals surface area contributed by atoms with Crippen LogP contribution in [0.25, 0.3) is 0 Å². The summed E-state index contributed by atoms with van der Waals surface area (Å²) in [4.78, 5) is 0. The van der Waals surface area contributed by atoms with Crippen molar-refractivity contribution in [1.82, 2.24) is 14.9 Å². The molecule has 2 heterocycles. The first-order chi connectivity index (χ1) is 8.51. The monoisotopic (exact) mass is 288 g/mol. The first-order valence-corrected chi connectivity index (χ1v) is 7.37. The van der Waals surface area contributed by atoms with Crippen molar-refractivity contribution in [2.45, 2.75) is 18.6 Å². The molecule has 2 rings (SSSR count). The van der Waals surface area contributed by atoms with Gasteiger partial charge in [0.05, 0.1) is 6.54 Å². The van der Waals surface area contributed by atoms with Crippen molar-refractivity contribution in [2.75, 3.05) is 12.4 Å². The number of aromatic nitrogens is 2. The second kappa shape index (κ2) is 5.04. The molecule has 0 saturated heterocycles. The Morgan fingerprint density at radius 3 is 2.78 bits per heavy atom. The Morgan fingerprint density at radius 1 is 1.39 bits per heavy atom. The average Bonchev–Trinajstić information content (AvgIpc) is 2.95. The lowest BCUT2D eigenvalue weighted by Crippen LogP contribution is -2.17. The number of hydrogen-bond donors (Lipinski definition) is 2. The highest BCUT2D eigenvalue weighted by molar-refractivity contribution is 7.89. The largest absolute Gasteiger partial charge is 0.446 e. The SMILES string of the molecule is CNS(=O)(=O)c1ccc(CNc2nnc(C)s2)o1. The number of furan rings is 1. The number of sulfonamides is 1. The van der Waals surface area contributed by atoms with Gasteiger partial charge in [0.2, 0.25) is 10.2 Å². The molecule has 0 amide bonds. The molecule has 0 bridgehead atoms. The number of hydrogen-bond acceptors (Lipinski definition) is 7. The van der Waals surface area contributed by atoms with E-state index in [1.807, 2.05) is 6.92 Å². The zero-order valence-electron chi connectivity index (χ0n) is 9.80. The summed E-state index contributed by atoms with van der Waals surface area (Å²) < 4.78 is 30.3. The molecule has 0 aromatic carbocycles. The third-order valence-corrected chi connectivity index (χ3v) is 4.19. The van der Waals surface area contributed by atoms with Gasteiger partial charge in [-0.25, -0.2) is 13.1 Å². The molecule has 0 saturated carbocycles. The van der Waals surface area contributed by atoms with E-state index in [-0.39, 0.29) is 5.09 Å².